The van der Waals surface area contributed by atoms with E-state index in [-0.39, 0.29) is 21.7 Å². The Labute approximate surface area is 318 Å². The molecule has 2 heterocycles. The first-order valence-corrected chi connectivity index (χ1v) is 19.2. The maximum atomic E-state index is 5.02. The smallest absolute Gasteiger partial charge is 0.0714 e. The highest BCUT2D eigenvalue weighted by Gasteiger charge is 2.47. The molecule has 0 fully saturated rings. The van der Waals surface area contributed by atoms with Crippen molar-refractivity contribution in [3.8, 4) is 33.6 Å². The Hall–Kier alpha value is -4.82. The van der Waals surface area contributed by atoms with Gasteiger partial charge in [0.25, 0.3) is 0 Å². The number of pyridine rings is 2. The average molecular weight is 697 g/mol. The van der Waals surface area contributed by atoms with Gasteiger partial charge in [-0.1, -0.05) is 144 Å². The summed E-state index contributed by atoms with van der Waals surface area (Å²) in [7, 11) is 0. The van der Waals surface area contributed by atoms with E-state index in [0.717, 1.165) is 22.5 Å². The second kappa shape index (κ2) is 12.7. The van der Waals surface area contributed by atoms with Gasteiger partial charge in [-0.25, -0.2) is 0 Å². The van der Waals surface area contributed by atoms with Crippen molar-refractivity contribution >= 4 is 0 Å². The summed E-state index contributed by atoms with van der Waals surface area (Å²) in [5.41, 5.74) is 16.4. The lowest BCUT2D eigenvalue weighted by atomic mass is 9.65. The molecule has 2 aromatic heterocycles. The molecule has 2 nitrogen and oxygen atoms in total. The maximum Gasteiger partial charge on any atom is 0.0714 e. The summed E-state index contributed by atoms with van der Waals surface area (Å²) in [6, 6.07) is 41.6. The SMILES string of the molecule is CC(C)(C)c1cc(-c2cc(C(C)(C)C)ccn2)cc(C2(c3cc(-c4cc(C(C)(C)C)ccn4)cc(C(C)(C)C)c3)c3ccccc3-c3ccccc32)c1. The largest absolute Gasteiger partial charge is 0.256 e. The Morgan fingerprint density at radius 2 is 0.736 bits per heavy atom. The first-order valence-electron chi connectivity index (χ1n) is 19.2. The molecule has 0 radical (unpaired) electrons. The van der Waals surface area contributed by atoms with E-state index in [9.17, 15) is 0 Å². The van der Waals surface area contributed by atoms with Gasteiger partial charge in [-0.05, 0) is 126 Å². The number of aromatic nitrogens is 2. The molecule has 0 bridgehead atoms. The van der Waals surface area contributed by atoms with Crippen molar-refractivity contribution in [2.24, 2.45) is 0 Å². The highest BCUT2D eigenvalue weighted by molar-refractivity contribution is 5.87. The van der Waals surface area contributed by atoms with Crippen LogP contribution in [0.5, 0.6) is 0 Å². The number of fused-ring (bicyclic) bond motifs is 3. The lowest BCUT2D eigenvalue weighted by molar-refractivity contribution is 0.584. The summed E-state index contributed by atoms with van der Waals surface area (Å²) in [6.07, 6.45) is 3.96. The molecule has 0 unspecified atom stereocenters. The summed E-state index contributed by atoms with van der Waals surface area (Å²) in [5.74, 6) is 0. The minimum absolute atomic E-state index is 0.00877. The summed E-state index contributed by atoms with van der Waals surface area (Å²) in [5, 5.41) is 0. The van der Waals surface area contributed by atoms with Gasteiger partial charge in [0.05, 0.1) is 16.8 Å². The highest BCUT2D eigenvalue weighted by atomic mass is 14.7. The summed E-state index contributed by atoms with van der Waals surface area (Å²) in [6.45, 7) is 27.6. The van der Waals surface area contributed by atoms with Crippen LogP contribution in [0, 0.1) is 0 Å². The predicted molar refractivity (Wildman–Crippen MR) is 225 cm³/mol. The van der Waals surface area contributed by atoms with Crippen molar-refractivity contribution in [1.82, 2.24) is 9.97 Å². The summed E-state index contributed by atoms with van der Waals surface area (Å²) >= 11 is 0. The lowest BCUT2D eigenvalue weighted by Crippen LogP contribution is -2.30. The molecule has 0 amide bonds. The minimum atomic E-state index is -0.595. The first kappa shape index (κ1) is 36.5. The number of nitrogens with zero attached hydrogens (tertiary/aromatic N) is 2. The second-order valence-electron chi connectivity index (χ2n) is 19.3. The van der Waals surface area contributed by atoms with E-state index in [0.29, 0.717) is 0 Å². The van der Waals surface area contributed by atoms with Gasteiger partial charge in [-0.3, -0.25) is 9.97 Å². The molecule has 0 N–H and O–H groups in total. The van der Waals surface area contributed by atoms with Gasteiger partial charge in [0.15, 0.2) is 0 Å². The number of hydrogen-bond acceptors (Lipinski definition) is 2. The third-order valence-corrected chi connectivity index (χ3v) is 11.3. The Morgan fingerprint density at radius 1 is 0.377 bits per heavy atom. The summed E-state index contributed by atoms with van der Waals surface area (Å²) in [4.78, 5) is 10.0. The van der Waals surface area contributed by atoms with Crippen LogP contribution >= 0.6 is 0 Å². The zero-order valence-electron chi connectivity index (χ0n) is 33.9. The third-order valence-electron chi connectivity index (χ3n) is 11.3. The van der Waals surface area contributed by atoms with Crippen LogP contribution in [0.3, 0.4) is 0 Å². The van der Waals surface area contributed by atoms with E-state index in [4.69, 9.17) is 9.97 Å². The van der Waals surface area contributed by atoms with Crippen LogP contribution < -0.4 is 0 Å². The van der Waals surface area contributed by atoms with Crippen LogP contribution in [0.15, 0.2) is 122 Å². The normalized spacial score (nSPS) is 14.2. The quantitative estimate of drug-likeness (QED) is 0.183. The Balaban J connectivity index is 1.63. The molecule has 2 heteroatoms. The molecule has 4 aromatic carbocycles. The molecule has 1 aliphatic rings. The Kier molecular flexibility index (Phi) is 8.72. The van der Waals surface area contributed by atoms with Crippen molar-refractivity contribution in [2.45, 2.75) is 110 Å². The van der Waals surface area contributed by atoms with Crippen molar-refractivity contribution in [1.29, 1.82) is 0 Å². The van der Waals surface area contributed by atoms with Gasteiger partial charge in [-0.15, -0.1) is 0 Å². The van der Waals surface area contributed by atoms with Crippen LogP contribution in [0.4, 0.5) is 0 Å². The van der Waals surface area contributed by atoms with Gasteiger partial charge >= 0.3 is 0 Å². The van der Waals surface area contributed by atoms with Crippen LogP contribution in [-0.2, 0) is 27.1 Å². The van der Waals surface area contributed by atoms with E-state index >= 15 is 0 Å². The third kappa shape index (κ3) is 6.56. The van der Waals surface area contributed by atoms with Gasteiger partial charge in [-0.2, -0.15) is 0 Å². The van der Waals surface area contributed by atoms with Crippen molar-refractivity contribution in [3.05, 3.63) is 166 Å². The van der Waals surface area contributed by atoms with Crippen LogP contribution in [-0.4, -0.2) is 9.97 Å². The van der Waals surface area contributed by atoms with Gasteiger partial charge < -0.3 is 0 Å². The second-order valence-corrected chi connectivity index (χ2v) is 19.3. The fourth-order valence-electron chi connectivity index (χ4n) is 7.98. The lowest BCUT2D eigenvalue weighted by Gasteiger charge is -2.37. The molecular weight excluding hydrogens is 641 g/mol. The van der Waals surface area contributed by atoms with E-state index in [2.05, 4.69) is 192 Å². The van der Waals surface area contributed by atoms with Crippen LogP contribution in [0.1, 0.15) is 128 Å². The van der Waals surface area contributed by atoms with E-state index in [1.807, 2.05) is 12.4 Å². The van der Waals surface area contributed by atoms with Crippen LogP contribution in [0.2, 0.25) is 0 Å². The predicted octanol–water partition coefficient (Wildman–Crippen LogP) is 13.4. The summed E-state index contributed by atoms with van der Waals surface area (Å²) < 4.78 is 0. The molecule has 0 atom stereocenters. The van der Waals surface area contributed by atoms with Gasteiger partial charge in [0.1, 0.15) is 0 Å². The first-order chi connectivity index (χ1) is 24.8. The molecule has 7 rings (SSSR count). The highest BCUT2D eigenvalue weighted by Crippen LogP contribution is 2.57. The van der Waals surface area contributed by atoms with Crippen molar-refractivity contribution in [2.75, 3.05) is 0 Å². The molecule has 53 heavy (non-hydrogen) atoms. The monoisotopic (exact) mass is 696 g/mol. The molecule has 0 saturated heterocycles. The molecule has 6 aromatic rings. The van der Waals surface area contributed by atoms with Gasteiger partial charge in [0, 0.05) is 23.5 Å². The molecule has 270 valence electrons. The van der Waals surface area contributed by atoms with Crippen molar-refractivity contribution < 1.29 is 0 Å². The zero-order valence-corrected chi connectivity index (χ0v) is 33.9. The zero-order chi connectivity index (χ0) is 38.1. The topological polar surface area (TPSA) is 25.8 Å². The number of rotatable bonds is 4. The van der Waals surface area contributed by atoms with E-state index in [1.165, 1.54) is 55.6 Å². The fraction of sp³-hybridized carbons (Fsp3) is 0.333. The fourth-order valence-corrected chi connectivity index (χ4v) is 7.98. The van der Waals surface area contributed by atoms with Crippen LogP contribution in [0.25, 0.3) is 33.6 Å². The molecule has 0 aliphatic heterocycles. The molecular formula is C51H56N2. The maximum absolute atomic E-state index is 5.02. The van der Waals surface area contributed by atoms with Gasteiger partial charge in [0.2, 0.25) is 0 Å². The Bertz CT molecular complexity index is 2160. The van der Waals surface area contributed by atoms with E-state index in [1.54, 1.807) is 0 Å². The molecule has 1 aliphatic carbocycles. The van der Waals surface area contributed by atoms with E-state index < -0.39 is 5.41 Å². The molecule has 0 saturated carbocycles. The number of hydrogen-bond donors (Lipinski definition) is 0. The molecule has 0 spiro atoms. The number of benzene rings is 4. The standard InChI is InChI=1S/C51H56N2/c1-47(2,3)35-21-23-52-45(31-35)33-25-37(49(7,8)9)29-39(27-33)51(43-19-15-13-17-41(43)42-18-14-16-20-44(42)51)40-28-34(26-38(30-40)50(10,11)12)46-32-36(22-24-53-46)48(4,5)6/h13-32H,1-12H3. The van der Waals surface area contributed by atoms with Crippen molar-refractivity contribution in [3.63, 3.8) is 0 Å². The average Bonchev–Trinajstić information content (AvgIpc) is 3.41. The minimum Gasteiger partial charge on any atom is -0.256 e. The Morgan fingerprint density at radius 3 is 1.09 bits per heavy atom.